The standard InChI is InChI=1S/C15H22N2O3/c1-15(2,3)20-12-7-5-11(6-8-12)9-13(18)17-10-14(19)16-4/h5-8H,9-10H2,1-4H3,(H,16,19)(H,17,18). The fourth-order valence-electron chi connectivity index (χ4n) is 1.54. The molecule has 0 aliphatic carbocycles. The fraction of sp³-hybridized carbons (Fsp3) is 0.467. The van der Waals surface area contributed by atoms with E-state index in [1.54, 1.807) is 0 Å². The molecule has 2 N–H and O–H groups in total. The number of nitrogens with one attached hydrogen (secondary N) is 2. The third-order valence-electron chi connectivity index (χ3n) is 2.44. The van der Waals surface area contributed by atoms with E-state index in [2.05, 4.69) is 10.6 Å². The predicted molar refractivity (Wildman–Crippen MR) is 77.6 cm³/mol. The van der Waals surface area contributed by atoms with E-state index in [1.165, 1.54) is 7.05 Å². The monoisotopic (exact) mass is 278 g/mol. The van der Waals surface area contributed by atoms with Crippen molar-refractivity contribution in [1.29, 1.82) is 0 Å². The Bertz CT molecular complexity index is 461. The summed E-state index contributed by atoms with van der Waals surface area (Å²) in [6.45, 7) is 5.94. The van der Waals surface area contributed by atoms with Crippen LogP contribution in [0.25, 0.3) is 0 Å². The molecule has 0 saturated heterocycles. The van der Waals surface area contributed by atoms with Crippen molar-refractivity contribution in [3.05, 3.63) is 29.8 Å². The van der Waals surface area contributed by atoms with Crippen LogP contribution in [0.5, 0.6) is 5.75 Å². The Morgan fingerprint density at radius 3 is 2.20 bits per heavy atom. The van der Waals surface area contributed by atoms with Crippen LogP contribution in [0.1, 0.15) is 26.3 Å². The molecule has 0 aromatic heterocycles. The second kappa shape index (κ2) is 6.93. The molecule has 0 aliphatic heterocycles. The van der Waals surface area contributed by atoms with E-state index >= 15 is 0 Å². The van der Waals surface area contributed by atoms with E-state index in [9.17, 15) is 9.59 Å². The van der Waals surface area contributed by atoms with Gasteiger partial charge in [-0.1, -0.05) is 12.1 Å². The average Bonchev–Trinajstić information content (AvgIpc) is 2.36. The highest BCUT2D eigenvalue weighted by atomic mass is 16.5. The molecule has 20 heavy (non-hydrogen) atoms. The molecule has 110 valence electrons. The van der Waals surface area contributed by atoms with Gasteiger partial charge < -0.3 is 15.4 Å². The van der Waals surface area contributed by atoms with Crippen molar-refractivity contribution in [2.24, 2.45) is 0 Å². The third kappa shape index (κ3) is 6.22. The van der Waals surface area contributed by atoms with E-state index in [0.29, 0.717) is 0 Å². The molecule has 0 spiro atoms. The molecular formula is C15H22N2O3. The maximum atomic E-state index is 11.6. The van der Waals surface area contributed by atoms with Gasteiger partial charge in [-0.3, -0.25) is 9.59 Å². The lowest BCUT2D eigenvalue weighted by molar-refractivity contribution is -0.125. The highest BCUT2D eigenvalue weighted by Crippen LogP contribution is 2.18. The number of carbonyl (C=O) groups excluding carboxylic acids is 2. The lowest BCUT2D eigenvalue weighted by Gasteiger charge is -2.21. The topological polar surface area (TPSA) is 67.4 Å². The van der Waals surface area contributed by atoms with Crippen molar-refractivity contribution >= 4 is 11.8 Å². The first-order chi connectivity index (χ1) is 9.30. The second-order valence-corrected chi connectivity index (χ2v) is 5.49. The van der Waals surface area contributed by atoms with Crippen LogP contribution in [0.4, 0.5) is 0 Å². The van der Waals surface area contributed by atoms with Crippen LogP contribution >= 0.6 is 0 Å². The molecule has 1 aromatic carbocycles. The van der Waals surface area contributed by atoms with Gasteiger partial charge in [-0.25, -0.2) is 0 Å². The van der Waals surface area contributed by atoms with Crippen LogP contribution in [-0.2, 0) is 16.0 Å². The number of amides is 2. The van der Waals surface area contributed by atoms with Crippen LogP contribution in [0.3, 0.4) is 0 Å². The van der Waals surface area contributed by atoms with Gasteiger partial charge in [0.2, 0.25) is 11.8 Å². The maximum absolute atomic E-state index is 11.6. The third-order valence-corrected chi connectivity index (χ3v) is 2.44. The van der Waals surface area contributed by atoms with Gasteiger partial charge in [0.05, 0.1) is 13.0 Å². The molecule has 0 radical (unpaired) electrons. The molecule has 5 nitrogen and oxygen atoms in total. The highest BCUT2D eigenvalue weighted by Gasteiger charge is 2.11. The van der Waals surface area contributed by atoms with Crippen LogP contribution in [0.2, 0.25) is 0 Å². The molecule has 0 fully saturated rings. The first kappa shape index (κ1) is 16.0. The SMILES string of the molecule is CNC(=O)CNC(=O)Cc1ccc(OC(C)(C)C)cc1. The summed E-state index contributed by atoms with van der Waals surface area (Å²) < 4.78 is 5.70. The largest absolute Gasteiger partial charge is 0.488 e. The number of benzene rings is 1. The number of carbonyl (C=O) groups is 2. The molecule has 0 unspecified atom stereocenters. The number of hydrogen-bond acceptors (Lipinski definition) is 3. The summed E-state index contributed by atoms with van der Waals surface area (Å²) in [5, 5.41) is 5.00. The Hall–Kier alpha value is -2.04. The van der Waals surface area contributed by atoms with E-state index in [0.717, 1.165) is 11.3 Å². The molecule has 0 heterocycles. The smallest absolute Gasteiger partial charge is 0.239 e. The normalized spacial score (nSPS) is 10.8. The molecule has 5 heteroatoms. The Morgan fingerprint density at radius 2 is 1.70 bits per heavy atom. The molecule has 0 bridgehead atoms. The molecule has 2 amide bonds. The summed E-state index contributed by atoms with van der Waals surface area (Å²) in [5.74, 6) is 0.373. The fourth-order valence-corrected chi connectivity index (χ4v) is 1.54. The zero-order valence-corrected chi connectivity index (χ0v) is 12.4. The van der Waals surface area contributed by atoms with Crippen LogP contribution in [0.15, 0.2) is 24.3 Å². The Labute approximate surface area is 119 Å². The van der Waals surface area contributed by atoms with E-state index in [4.69, 9.17) is 4.74 Å². The maximum Gasteiger partial charge on any atom is 0.239 e. The quantitative estimate of drug-likeness (QED) is 0.852. The lowest BCUT2D eigenvalue weighted by Crippen LogP contribution is -2.35. The van der Waals surface area contributed by atoms with Gasteiger partial charge in [-0.2, -0.15) is 0 Å². The van der Waals surface area contributed by atoms with E-state index < -0.39 is 0 Å². The molecule has 0 saturated carbocycles. The Morgan fingerprint density at radius 1 is 1.10 bits per heavy atom. The van der Waals surface area contributed by atoms with Crippen molar-refractivity contribution in [3.63, 3.8) is 0 Å². The van der Waals surface area contributed by atoms with Crippen LogP contribution < -0.4 is 15.4 Å². The van der Waals surface area contributed by atoms with Crippen LogP contribution in [-0.4, -0.2) is 31.0 Å². The van der Waals surface area contributed by atoms with Crippen LogP contribution in [0, 0.1) is 0 Å². The number of rotatable bonds is 5. The minimum Gasteiger partial charge on any atom is -0.488 e. The summed E-state index contributed by atoms with van der Waals surface area (Å²) >= 11 is 0. The van der Waals surface area contributed by atoms with E-state index in [1.807, 2.05) is 45.0 Å². The van der Waals surface area contributed by atoms with Gasteiger partial charge in [0.1, 0.15) is 11.4 Å². The highest BCUT2D eigenvalue weighted by molar-refractivity contribution is 5.85. The van der Waals surface area contributed by atoms with Crippen molar-refractivity contribution in [3.8, 4) is 5.75 Å². The van der Waals surface area contributed by atoms with Crippen molar-refractivity contribution < 1.29 is 14.3 Å². The summed E-state index contributed by atoms with van der Waals surface area (Å²) in [6.07, 6.45) is 0.243. The zero-order chi connectivity index (χ0) is 15.2. The van der Waals surface area contributed by atoms with Gasteiger partial charge in [-0.15, -0.1) is 0 Å². The molecule has 0 atom stereocenters. The summed E-state index contributed by atoms with van der Waals surface area (Å²) in [4.78, 5) is 22.6. The zero-order valence-electron chi connectivity index (χ0n) is 12.4. The lowest BCUT2D eigenvalue weighted by atomic mass is 10.1. The minimum absolute atomic E-state index is 0.000548. The summed E-state index contributed by atoms with van der Waals surface area (Å²) in [5.41, 5.74) is 0.632. The van der Waals surface area contributed by atoms with Gasteiger partial charge in [0.15, 0.2) is 0 Å². The van der Waals surface area contributed by atoms with Gasteiger partial charge in [0.25, 0.3) is 0 Å². The summed E-state index contributed by atoms with van der Waals surface area (Å²) in [6, 6.07) is 7.38. The van der Waals surface area contributed by atoms with Crippen molar-refractivity contribution in [2.75, 3.05) is 13.6 Å². The molecule has 1 aromatic rings. The predicted octanol–water partition coefficient (Wildman–Crippen LogP) is 1.27. The van der Waals surface area contributed by atoms with Crippen molar-refractivity contribution in [1.82, 2.24) is 10.6 Å². The van der Waals surface area contributed by atoms with Gasteiger partial charge in [0, 0.05) is 7.05 Å². The molecular weight excluding hydrogens is 256 g/mol. The van der Waals surface area contributed by atoms with Crippen molar-refractivity contribution in [2.45, 2.75) is 32.8 Å². The van der Waals surface area contributed by atoms with Gasteiger partial charge in [-0.05, 0) is 38.5 Å². The van der Waals surface area contributed by atoms with Gasteiger partial charge >= 0.3 is 0 Å². The Kier molecular flexibility index (Phi) is 5.55. The Balaban J connectivity index is 2.49. The summed E-state index contributed by atoms with van der Waals surface area (Å²) in [7, 11) is 1.53. The first-order valence-corrected chi connectivity index (χ1v) is 6.55. The number of hydrogen-bond donors (Lipinski definition) is 2. The second-order valence-electron chi connectivity index (χ2n) is 5.49. The first-order valence-electron chi connectivity index (χ1n) is 6.55. The number of likely N-dealkylation sites (N-methyl/N-ethyl adjacent to an activating group) is 1. The van der Waals surface area contributed by atoms with E-state index in [-0.39, 0.29) is 30.4 Å². The molecule has 1 rings (SSSR count). The average molecular weight is 278 g/mol. The number of ether oxygens (including phenoxy) is 1. The molecule has 0 aliphatic rings. The minimum atomic E-state index is -0.244.